The first-order chi connectivity index (χ1) is 14.5. The van der Waals surface area contributed by atoms with E-state index in [9.17, 15) is 14.4 Å². The van der Waals surface area contributed by atoms with Gasteiger partial charge in [-0.2, -0.15) is 0 Å². The number of nitrogens with two attached hydrogens (primary N) is 1. The van der Waals surface area contributed by atoms with Crippen molar-refractivity contribution >= 4 is 23.5 Å². The van der Waals surface area contributed by atoms with E-state index in [4.69, 9.17) is 15.2 Å². The molecule has 0 aliphatic carbocycles. The van der Waals surface area contributed by atoms with Crippen molar-refractivity contribution in [3.05, 3.63) is 95.6 Å². The van der Waals surface area contributed by atoms with Crippen LogP contribution < -0.4 is 15.8 Å². The van der Waals surface area contributed by atoms with Gasteiger partial charge in [0.05, 0.1) is 16.8 Å². The third-order valence-electron chi connectivity index (χ3n) is 4.14. The van der Waals surface area contributed by atoms with E-state index in [1.165, 1.54) is 12.1 Å². The lowest BCUT2D eigenvalue weighted by Gasteiger charge is -2.10. The van der Waals surface area contributed by atoms with Crippen LogP contribution in [0.15, 0.2) is 78.9 Å². The molecule has 0 bridgehead atoms. The summed E-state index contributed by atoms with van der Waals surface area (Å²) < 4.78 is 10.7. The molecule has 7 heteroatoms. The van der Waals surface area contributed by atoms with Crippen molar-refractivity contribution in [3.63, 3.8) is 0 Å². The number of primary amides is 1. The fourth-order valence-electron chi connectivity index (χ4n) is 2.64. The molecule has 0 radical (unpaired) electrons. The second-order valence-corrected chi connectivity index (χ2v) is 6.33. The molecule has 2 amide bonds. The molecule has 0 aromatic heterocycles. The van der Waals surface area contributed by atoms with E-state index >= 15 is 0 Å². The number of anilines is 1. The van der Waals surface area contributed by atoms with Crippen LogP contribution in [0.3, 0.4) is 0 Å². The minimum Gasteiger partial charge on any atom is -0.489 e. The summed E-state index contributed by atoms with van der Waals surface area (Å²) in [7, 11) is 0. The van der Waals surface area contributed by atoms with Crippen molar-refractivity contribution in [2.75, 3.05) is 11.9 Å². The molecule has 30 heavy (non-hydrogen) atoms. The summed E-state index contributed by atoms with van der Waals surface area (Å²) in [6, 6.07) is 22.4. The molecule has 0 aliphatic rings. The monoisotopic (exact) mass is 404 g/mol. The molecule has 3 rings (SSSR count). The smallest absolute Gasteiger partial charge is 0.338 e. The zero-order valence-corrected chi connectivity index (χ0v) is 16.0. The number of benzene rings is 3. The lowest BCUT2D eigenvalue weighted by Crippen LogP contribution is -2.23. The third kappa shape index (κ3) is 5.68. The average molecular weight is 404 g/mol. The van der Waals surface area contributed by atoms with Crippen molar-refractivity contribution in [2.24, 2.45) is 5.73 Å². The van der Waals surface area contributed by atoms with Gasteiger partial charge < -0.3 is 20.5 Å². The molecule has 0 saturated carbocycles. The summed E-state index contributed by atoms with van der Waals surface area (Å²) in [5, 5.41) is 2.50. The molecule has 0 heterocycles. The van der Waals surface area contributed by atoms with E-state index in [1.807, 2.05) is 30.3 Å². The highest BCUT2D eigenvalue weighted by atomic mass is 16.5. The van der Waals surface area contributed by atoms with Gasteiger partial charge in [-0.05, 0) is 42.0 Å². The Labute approximate surface area is 173 Å². The summed E-state index contributed by atoms with van der Waals surface area (Å²) in [6.07, 6.45) is 0. The first-order valence-corrected chi connectivity index (χ1v) is 9.15. The van der Waals surface area contributed by atoms with Gasteiger partial charge >= 0.3 is 5.97 Å². The van der Waals surface area contributed by atoms with Crippen molar-refractivity contribution in [3.8, 4) is 5.75 Å². The van der Waals surface area contributed by atoms with Crippen molar-refractivity contribution in [1.29, 1.82) is 0 Å². The van der Waals surface area contributed by atoms with Crippen LogP contribution in [-0.2, 0) is 16.1 Å². The van der Waals surface area contributed by atoms with Crippen molar-refractivity contribution in [1.82, 2.24) is 0 Å². The van der Waals surface area contributed by atoms with Gasteiger partial charge in [0, 0.05) is 0 Å². The van der Waals surface area contributed by atoms with Crippen LogP contribution in [0.4, 0.5) is 5.69 Å². The predicted molar refractivity (Wildman–Crippen MR) is 111 cm³/mol. The number of carbonyl (C=O) groups excluding carboxylic acids is 3. The topological polar surface area (TPSA) is 108 Å². The number of nitrogens with one attached hydrogen (secondary N) is 1. The van der Waals surface area contributed by atoms with Gasteiger partial charge in [-0.25, -0.2) is 4.79 Å². The number of carbonyl (C=O) groups is 3. The highest BCUT2D eigenvalue weighted by Gasteiger charge is 2.13. The molecule has 0 atom stereocenters. The molecule has 0 unspecified atom stereocenters. The molecule has 3 aromatic rings. The van der Waals surface area contributed by atoms with E-state index in [-0.39, 0.29) is 16.8 Å². The van der Waals surface area contributed by atoms with Crippen molar-refractivity contribution < 1.29 is 23.9 Å². The number of rotatable bonds is 8. The standard InChI is InChI=1S/C23H20N2O5/c24-22(27)19-8-4-5-9-20(19)25-21(26)15-30-23(28)17-10-12-18(13-11-17)29-14-16-6-2-1-3-7-16/h1-13H,14-15H2,(H2,24,27)(H,25,26). The van der Waals surface area contributed by atoms with Gasteiger partial charge in [-0.1, -0.05) is 42.5 Å². The minimum atomic E-state index is -0.669. The minimum absolute atomic E-state index is 0.170. The Hall–Kier alpha value is -4.13. The normalized spacial score (nSPS) is 10.1. The van der Waals surface area contributed by atoms with Crippen molar-refractivity contribution in [2.45, 2.75) is 6.61 Å². The van der Waals surface area contributed by atoms with Crippen LogP contribution in [0.2, 0.25) is 0 Å². The van der Waals surface area contributed by atoms with Crippen LogP contribution in [0.25, 0.3) is 0 Å². The SMILES string of the molecule is NC(=O)c1ccccc1NC(=O)COC(=O)c1ccc(OCc2ccccc2)cc1. The maximum absolute atomic E-state index is 12.2. The summed E-state index contributed by atoms with van der Waals surface area (Å²) in [4.78, 5) is 35.6. The maximum Gasteiger partial charge on any atom is 0.338 e. The quantitative estimate of drug-likeness (QED) is 0.561. The molecular formula is C23H20N2O5. The zero-order valence-electron chi connectivity index (χ0n) is 16.0. The van der Waals surface area contributed by atoms with E-state index in [0.29, 0.717) is 12.4 Å². The van der Waals surface area contributed by atoms with Gasteiger partial charge in [0.15, 0.2) is 6.61 Å². The fourth-order valence-corrected chi connectivity index (χ4v) is 2.64. The second kappa shape index (κ2) is 9.88. The molecule has 0 fully saturated rings. The number of hydrogen-bond acceptors (Lipinski definition) is 5. The second-order valence-electron chi connectivity index (χ2n) is 6.33. The molecule has 3 aromatic carbocycles. The molecule has 152 valence electrons. The van der Waals surface area contributed by atoms with E-state index in [0.717, 1.165) is 5.56 Å². The number of ether oxygens (including phenoxy) is 2. The molecule has 3 N–H and O–H groups in total. The van der Waals surface area contributed by atoms with E-state index < -0.39 is 24.4 Å². The van der Waals surface area contributed by atoms with Gasteiger partial charge in [0.2, 0.25) is 0 Å². The van der Waals surface area contributed by atoms with Crippen LogP contribution in [0.1, 0.15) is 26.3 Å². The highest BCUT2D eigenvalue weighted by molar-refractivity contribution is 6.03. The van der Waals surface area contributed by atoms with E-state index in [1.54, 1.807) is 36.4 Å². The number of hydrogen-bond donors (Lipinski definition) is 2. The Kier molecular flexibility index (Phi) is 6.78. The van der Waals surface area contributed by atoms with Gasteiger partial charge in [0.25, 0.3) is 11.8 Å². The molecule has 0 aliphatic heterocycles. The Morgan fingerprint density at radius 3 is 2.20 bits per heavy atom. The summed E-state index contributed by atoms with van der Waals surface area (Å²) in [5.41, 5.74) is 7.01. The molecule has 0 spiro atoms. The Balaban J connectivity index is 1.50. The Morgan fingerprint density at radius 2 is 1.50 bits per heavy atom. The Morgan fingerprint density at radius 1 is 0.833 bits per heavy atom. The number of amides is 2. The number of esters is 1. The van der Waals surface area contributed by atoms with Crippen LogP contribution in [0, 0.1) is 0 Å². The molecular weight excluding hydrogens is 384 g/mol. The van der Waals surface area contributed by atoms with Crippen LogP contribution >= 0.6 is 0 Å². The fraction of sp³-hybridized carbons (Fsp3) is 0.0870. The van der Waals surface area contributed by atoms with Crippen LogP contribution in [-0.4, -0.2) is 24.4 Å². The van der Waals surface area contributed by atoms with Gasteiger partial charge in [-0.3, -0.25) is 9.59 Å². The highest BCUT2D eigenvalue weighted by Crippen LogP contribution is 2.16. The number of para-hydroxylation sites is 1. The van der Waals surface area contributed by atoms with Crippen LogP contribution in [0.5, 0.6) is 5.75 Å². The average Bonchev–Trinajstić information content (AvgIpc) is 2.77. The maximum atomic E-state index is 12.2. The first kappa shape index (κ1) is 20.6. The predicted octanol–water partition coefficient (Wildman–Crippen LogP) is 3.16. The summed E-state index contributed by atoms with van der Waals surface area (Å²) in [6.45, 7) is -0.0875. The largest absolute Gasteiger partial charge is 0.489 e. The lowest BCUT2D eigenvalue weighted by molar-refractivity contribution is -0.119. The zero-order chi connectivity index (χ0) is 21.3. The van der Waals surface area contributed by atoms with Gasteiger partial charge in [-0.15, -0.1) is 0 Å². The first-order valence-electron chi connectivity index (χ1n) is 9.15. The third-order valence-corrected chi connectivity index (χ3v) is 4.14. The molecule has 7 nitrogen and oxygen atoms in total. The molecule has 0 saturated heterocycles. The Bertz CT molecular complexity index is 1030. The van der Waals surface area contributed by atoms with Gasteiger partial charge in [0.1, 0.15) is 12.4 Å². The van der Waals surface area contributed by atoms with E-state index in [2.05, 4.69) is 5.32 Å². The summed E-state index contributed by atoms with van der Waals surface area (Å²) >= 11 is 0. The lowest BCUT2D eigenvalue weighted by atomic mass is 10.1. The summed E-state index contributed by atoms with van der Waals surface area (Å²) in [5.74, 6) is -1.29.